The fourth-order valence-corrected chi connectivity index (χ4v) is 3.98. The molecule has 4 heteroatoms. The summed E-state index contributed by atoms with van der Waals surface area (Å²) in [5, 5.41) is 0.966. The predicted octanol–water partition coefficient (Wildman–Crippen LogP) is 5.22. The summed E-state index contributed by atoms with van der Waals surface area (Å²) in [7, 11) is 0. The second-order valence-electron chi connectivity index (χ2n) is 7.10. The third-order valence-electron chi connectivity index (χ3n) is 5.34. The maximum absolute atomic E-state index is 12.9. The highest BCUT2D eigenvalue weighted by atomic mass is 16.4. The van der Waals surface area contributed by atoms with Crippen molar-refractivity contribution in [1.29, 1.82) is 0 Å². The number of nitrogens with zero attached hydrogens (tertiary/aromatic N) is 2. The van der Waals surface area contributed by atoms with Gasteiger partial charge in [0.2, 0.25) is 0 Å². The molecule has 0 radical (unpaired) electrons. The summed E-state index contributed by atoms with van der Waals surface area (Å²) < 4.78 is 5.65. The van der Waals surface area contributed by atoms with Crippen molar-refractivity contribution in [1.82, 2.24) is 0 Å². The minimum atomic E-state index is -0.270. The van der Waals surface area contributed by atoms with Crippen molar-refractivity contribution in [2.24, 2.45) is 0 Å². The van der Waals surface area contributed by atoms with Crippen LogP contribution < -0.4 is 15.4 Å². The van der Waals surface area contributed by atoms with Gasteiger partial charge in [-0.3, -0.25) is 0 Å². The lowest BCUT2D eigenvalue weighted by atomic mass is 10.0. The Bertz CT molecular complexity index is 1210. The molecule has 3 aromatic carbocycles. The molecule has 28 heavy (non-hydrogen) atoms. The molecule has 0 amide bonds. The van der Waals surface area contributed by atoms with Gasteiger partial charge in [0.1, 0.15) is 5.58 Å². The predicted molar refractivity (Wildman–Crippen MR) is 113 cm³/mol. The normalized spacial score (nSPS) is 13.6. The van der Waals surface area contributed by atoms with Gasteiger partial charge in [0.25, 0.3) is 0 Å². The standard InChI is InChI=1S/C24H20N2O2/c1-17-9-5-7-13-21(17)26-16-25(18-10-3-2-4-11-18)15-20-23(26)19-12-6-8-14-22(19)28-24(20)27/h2-14H,15-16H2,1H3. The van der Waals surface area contributed by atoms with E-state index in [1.54, 1.807) is 0 Å². The van der Waals surface area contributed by atoms with Crippen LogP contribution in [-0.2, 0) is 6.54 Å². The van der Waals surface area contributed by atoms with Crippen molar-refractivity contribution < 1.29 is 4.42 Å². The Hall–Kier alpha value is -3.53. The lowest BCUT2D eigenvalue weighted by Gasteiger charge is -2.40. The van der Waals surface area contributed by atoms with Crippen LogP contribution >= 0.6 is 0 Å². The van der Waals surface area contributed by atoms with Crippen LogP contribution in [0, 0.1) is 6.92 Å². The molecule has 0 aliphatic carbocycles. The minimum Gasteiger partial charge on any atom is -0.422 e. The maximum Gasteiger partial charge on any atom is 0.343 e. The molecule has 1 aliphatic rings. The summed E-state index contributed by atoms with van der Waals surface area (Å²) >= 11 is 0. The van der Waals surface area contributed by atoms with E-state index in [-0.39, 0.29) is 5.63 Å². The zero-order valence-electron chi connectivity index (χ0n) is 15.6. The molecule has 1 aromatic heterocycles. The summed E-state index contributed by atoms with van der Waals surface area (Å²) in [5.41, 5.74) is 5.34. The molecule has 0 fully saturated rings. The zero-order valence-corrected chi connectivity index (χ0v) is 15.6. The molecular formula is C24H20N2O2. The first-order valence-corrected chi connectivity index (χ1v) is 9.40. The Morgan fingerprint density at radius 1 is 0.857 bits per heavy atom. The van der Waals surface area contributed by atoms with Crippen molar-refractivity contribution >= 4 is 28.0 Å². The number of rotatable bonds is 2. The van der Waals surface area contributed by atoms with Crippen molar-refractivity contribution in [3.05, 3.63) is 100 Å². The molecule has 138 valence electrons. The number of hydrogen-bond acceptors (Lipinski definition) is 4. The molecule has 0 saturated heterocycles. The minimum absolute atomic E-state index is 0.270. The number of fused-ring (bicyclic) bond motifs is 3. The van der Waals surface area contributed by atoms with E-state index >= 15 is 0 Å². The first kappa shape index (κ1) is 16.6. The van der Waals surface area contributed by atoms with Gasteiger partial charge in [-0.25, -0.2) is 4.79 Å². The highest BCUT2D eigenvalue weighted by molar-refractivity contribution is 5.95. The van der Waals surface area contributed by atoms with Gasteiger partial charge in [-0.1, -0.05) is 48.5 Å². The SMILES string of the molecule is Cc1ccccc1N1CN(c2ccccc2)Cc2c1c1ccccc1oc2=O. The van der Waals surface area contributed by atoms with Gasteiger partial charge in [0.15, 0.2) is 0 Å². The topological polar surface area (TPSA) is 36.7 Å². The number of aryl methyl sites for hydroxylation is 1. The van der Waals surface area contributed by atoms with Crippen LogP contribution in [0.2, 0.25) is 0 Å². The number of para-hydroxylation sites is 3. The van der Waals surface area contributed by atoms with Crippen LogP contribution in [0.15, 0.2) is 88.1 Å². The molecule has 5 rings (SSSR count). The third-order valence-corrected chi connectivity index (χ3v) is 5.34. The summed E-state index contributed by atoms with van der Waals surface area (Å²) in [4.78, 5) is 17.3. The van der Waals surface area contributed by atoms with E-state index in [0.29, 0.717) is 24.4 Å². The van der Waals surface area contributed by atoms with Crippen LogP contribution in [0.1, 0.15) is 11.1 Å². The largest absolute Gasteiger partial charge is 0.422 e. The highest BCUT2D eigenvalue weighted by Crippen LogP contribution is 2.39. The van der Waals surface area contributed by atoms with Gasteiger partial charge in [0, 0.05) is 16.8 Å². The Kier molecular flexibility index (Phi) is 3.90. The van der Waals surface area contributed by atoms with Crippen LogP contribution in [0.5, 0.6) is 0 Å². The quantitative estimate of drug-likeness (QED) is 0.455. The van der Waals surface area contributed by atoms with E-state index in [2.05, 4.69) is 41.0 Å². The molecule has 0 bridgehead atoms. The molecule has 2 heterocycles. The molecule has 1 aliphatic heterocycles. The van der Waals surface area contributed by atoms with Crippen molar-refractivity contribution in [2.75, 3.05) is 16.5 Å². The molecule has 0 spiro atoms. The molecule has 4 aromatic rings. The lowest BCUT2D eigenvalue weighted by molar-refractivity contribution is 0.543. The Balaban J connectivity index is 1.78. The second kappa shape index (κ2) is 6.57. The number of benzene rings is 3. The summed E-state index contributed by atoms with van der Waals surface area (Å²) in [6, 6.07) is 26.2. The Morgan fingerprint density at radius 2 is 1.57 bits per heavy atom. The van der Waals surface area contributed by atoms with Crippen molar-refractivity contribution in [3.8, 4) is 0 Å². The van der Waals surface area contributed by atoms with Crippen molar-refractivity contribution in [3.63, 3.8) is 0 Å². The molecule has 0 saturated carbocycles. The lowest BCUT2D eigenvalue weighted by Crippen LogP contribution is -2.42. The van der Waals surface area contributed by atoms with Gasteiger partial charge < -0.3 is 14.2 Å². The van der Waals surface area contributed by atoms with E-state index in [4.69, 9.17) is 4.42 Å². The van der Waals surface area contributed by atoms with Gasteiger partial charge in [-0.15, -0.1) is 0 Å². The summed E-state index contributed by atoms with van der Waals surface area (Å²) in [5.74, 6) is 0. The average molecular weight is 368 g/mol. The van der Waals surface area contributed by atoms with Crippen LogP contribution in [0.25, 0.3) is 11.0 Å². The van der Waals surface area contributed by atoms with E-state index in [9.17, 15) is 4.79 Å². The van der Waals surface area contributed by atoms with Gasteiger partial charge in [0.05, 0.1) is 24.5 Å². The van der Waals surface area contributed by atoms with E-state index in [1.807, 2.05) is 54.6 Å². The monoisotopic (exact) mass is 368 g/mol. The van der Waals surface area contributed by atoms with E-state index < -0.39 is 0 Å². The first-order chi connectivity index (χ1) is 13.7. The fourth-order valence-electron chi connectivity index (χ4n) is 3.98. The van der Waals surface area contributed by atoms with E-state index in [0.717, 1.165) is 22.4 Å². The smallest absolute Gasteiger partial charge is 0.343 e. The second-order valence-corrected chi connectivity index (χ2v) is 7.10. The van der Waals surface area contributed by atoms with Crippen LogP contribution in [0.4, 0.5) is 17.1 Å². The van der Waals surface area contributed by atoms with Crippen LogP contribution in [-0.4, -0.2) is 6.67 Å². The average Bonchev–Trinajstić information content (AvgIpc) is 2.74. The molecule has 0 unspecified atom stereocenters. The van der Waals surface area contributed by atoms with E-state index in [1.165, 1.54) is 5.56 Å². The summed E-state index contributed by atoms with van der Waals surface area (Å²) in [6.07, 6.45) is 0. The number of anilines is 3. The molecule has 4 nitrogen and oxygen atoms in total. The highest BCUT2D eigenvalue weighted by Gasteiger charge is 2.29. The molecule has 0 atom stereocenters. The fraction of sp³-hybridized carbons (Fsp3) is 0.125. The molecule has 0 N–H and O–H groups in total. The first-order valence-electron chi connectivity index (χ1n) is 9.40. The van der Waals surface area contributed by atoms with Crippen LogP contribution in [0.3, 0.4) is 0 Å². The third kappa shape index (κ3) is 2.65. The molecular weight excluding hydrogens is 348 g/mol. The Morgan fingerprint density at radius 3 is 2.39 bits per heavy atom. The zero-order chi connectivity index (χ0) is 19.1. The van der Waals surface area contributed by atoms with Gasteiger partial charge in [-0.05, 0) is 42.8 Å². The maximum atomic E-state index is 12.9. The van der Waals surface area contributed by atoms with Gasteiger partial charge >= 0.3 is 5.63 Å². The van der Waals surface area contributed by atoms with Crippen molar-refractivity contribution in [2.45, 2.75) is 13.5 Å². The Labute approximate surface area is 163 Å². The number of hydrogen-bond donors (Lipinski definition) is 0. The van der Waals surface area contributed by atoms with Gasteiger partial charge in [-0.2, -0.15) is 0 Å². The summed E-state index contributed by atoms with van der Waals surface area (Å²) in [6.45, 7) is 3.29.